The van der Waals surface area contributed by atoms with Crippen LogP contribution in [0.3, 0.4) is 0 Å². The number of carbonyl (C=O) groups is 1. The molecule has 0 aromatic heterocycles. The van der Waals surface area contributed by atoms with Crippen LogP contribution in [-0.2, 0) is 11.0 Å². The lowest BCUT2D eigenvalue weighted by molar-refractivity contribution is -0.137. The SMILES string of the molecule is C=CC(=O)N1CC[C@H](Nc2cc(N3CCN(C)CC3)cc(C(F)(F)F)c2)C1. The van der Waals surface area contributed by atoms with Crippen LogP contribution in [0.25, 0.3) is 0 Å². The van der Waals surface area contributed by atoms with Crippen LogP contribution in [0.1, 0.15) is 12.0 Å². The van der Waals surface area contributed by atoms with Crippen molar-refractivity contribution in [2.24, 2.45) is 0 Å². The number of piperazine rings is 1. The Balaban J connectivity index is 1.79. The Morgan fingerprint density at radius 3 is 2.52 bits per heavy atom. The average molecular weight is 382 g/mol. The first-order chi connectivity index (χ1) is 12.8. The first-order valence-corrected chi connectivity index (χ1v) is 9.10. The second kappa shape index (κ2) is 7.80. The fourth-order valence-electron chi connectivity index (χ4n) is 3.55. The predicted molar refractivity (Wildman–Crippen MR) is 100.0 cm³/mol. The zero-order chi connectivity index (χ0) is 19.6. The molecule has 1 amide bonds. The summed E-state index contributed by atoms with van der Waals surface area (Å²) >= 11 is 0. The van der Waals surface area contributed by atoms with Crippen LogP contribution in [0, 0.1) is 0 Å². The molecule has 0 spiro atoms. The van der Waals surface area contributed by atoms with Crippen molar-refractivity contribution in [3.63, 3.8) is 0 Å². The minimum atomic E-state index is -4.40. The Bertz CT molecular complexity index is 699. The molecular weight excluding hydrogens is 357 g/mol. The van der Waals surface area contributed by atoms with Gasteiger partial charge in [0.1, 0.15) is 0 Å². The summed E-state index contributed by atoms with van der Waals surface area (Å²) in [6.45, 7) is 7.55. The molecule has 0 aliphatic carbocycles. The molecule has 148 valence electrons. The van der Waals surface area contributed by atoms with E-state index in [4.69, 9.17) is 0 Å². The van der Waals surface area contributed by atoms with Crippen LogP contribution in [-0.4, -0.2) is 68.1 Å². The number of amides is 1. The summed E-state index contributed by atoms with van der Waals surface area (Å²) in [7, 11) is 2.01. The van der Waals surface area contributed by atoms with E-state index in [-0.39, 0.29) is 11.9 Å². The number of benzene rings is 1. The largest absolute Gasteiger partial charge is 0.416 e. The van der Waals surface area contributed by atoms with E-state index in [1.54, 1.807) is 11.0 Å². The third-order valence-corrected chi connectivity index (χ3v) is 5.16. The van der Waals surface area contributed by atoms with Crippen molar-refractivity contribution in [3.8, 4) is 0 Å². The van der Waals surface area contributed by atoms with Gasteiger partial charge in [-0.05, 0) is 37.7 Å². The first-order valence-electron chi connectivity index (χ1n) is 9.10. The number of likely N-dealkylation sites (N-methyl/N-ethyl adjacent to an activating group) is 1. The van der Waals surface area contributed by atoms with Crippen molar-refractivity contribution in [1.82, 2.24) is 9.80 Å². The molecule has 1 aromatic carbocycles. The number of halogens is 3. The van der Waals surface area contributed by atoms with Crippen molar-refractivity contribution in [2.75, 3.05) is 56.5 Å². The quantitative estimate of drug-likeness (QED) is 0.813. The molecule has 2 aliphatic rings. The van der Waals surface area contributed by atoms with E-state index in [9.17, 15) is 18.0 Å². The molecule has 2 saturated heterocycles. The number of nitrogens with one attached hydrogen (secondary N) is 1. The standard InChI is InChI=1S/C19H25F3N4O/c1-3-18(27)26-5-4-15(13-26)23-16-10-14(19(20,21)22)11-17(12-16)25-8-6-24(2)7-9-25/h3,10-12,15,23H,1,4-9,13H2,2H3/t15-/m0/s1. The highest BCUT2D eigenvalue weighted by atomic mass is 19.4. The maximum Gasteiger partial charge on any atom is 0.416 e. The van der Waals surface area contributed by atoms with E-state index in [0.29, 0.717) is 44.0 Å². The van der Waals surface area contributed by atoms with Gasteiger partial charge in [0, 0.05) is 56.7 Å². The van der Waals surface area contributed by atoms with Crippen LogP contribution >= 0.6 is 0 Å². The smallest absolute Gasteiger partial charge is 0.380 e. The van der Waals surface area contributed by atoms with Crippen molar-refractivity contribution >= 4 is 17.3 Å². The number of hydrogen-bond donors (Lipinski definition) is 1. The number of anilines is 2. The van der Waals surface area contributed by atoms with Gasteiger partial charge >= 0.3 is 6.18 Å². The molecule has 8 heteroatoms. The Kier molecular flexibility index (Phi) is 5.64. The van der Waals surface area contributed by atoms with Crippen LogP contribution in [0.2, 0.25) is 0 Å². The van der Waals surface area contributed by atoms with Gasteiger partial charge in [0.25, 0.3) is 0 Å². The summed E-state index contributed by atoms with van der Waals surface area (Å²) in [6, 6.07) is 4.08. The molecule has 27 heavy (non-hydrogen) atoms. The summed E-state index contributed by atoms with van der Waals surface area (Å²) in [5, 5.41) is 3.19. The summed E-state index contributed by atoms with van der Waals surface area (Å²) < 4.78 is 40.2. The molecule has 1 atom stereocenters. The van der Waals surface area contributed by atoms with Crippen molar-refractivity contribution in [2.45, 2.75) is 18.6 Å². The molecule has 5 nitrogen and oxygen atoms in total. The summed E-state index contributed by atoms with van der Waals surface area (Å²) in [4.78, 5) is 17.5. The number of rotatable bonds is 4. The van der Waals surface area contributed by atoms with Crippen molar-refractivity contribution in [1.29, 1.82) is 0 Å². The lowest BCUT2D eigenvalue weighted by Gasteiger charge is -2.34. The number of carbonyl (C=O) groups excluding carboxylic acids is 1. The molecular formula is C19H25F3N4O. The second-order valence-electron chi connectivity index (χ2n) is 7.17. The Morgan fingerprint density at radius 1 is 1.19 bits per heavy atom. The zero-order valence-corrected chi connectivity index (χ0v) is 15.4. The number of nitrogens with zero attached hydrogens (tertiary/aromatic N) is 3. The maximum absolute atomic E-state index is 13.4. The van der Waals surface area contributed by atoms with E-state index < -0.39 is 11.7 Å². The highest BCUT2D eigenvalue weighted by Gasteiger charge is 2.32. The fraction of sp³-hybridized carbons (Fsp3) is 0.526. The van der Waals surface area contributed by atoms with Crippen molar-refractivity contribution < 1.29 is 18.0 Å². The predicted octanol–water partition coefficient (Wildman–Crippen LogP) is 2.66. The molecule has 0 saturated carbocycles. The van der Waals surface area contributed by atoms with Gasteiger partial charge in [-0.15, -0.1) is 0 Å². The molecule has 0 radical (unpaired) electrons. The molecule has 2 fully saturated rings. The van der Waals surface area contributed by atoms with Crippen LogP contribution in [0.4, 0.5) is 24.5 Å². The molecule has 0 unspecified atom stereocenters. The Hall–Kier alpha value is -2.22. The average Bonchev–Trinajstić information content (AvgIpc) is 3.09. The lowest BCUT2D eigenvalue weighted by Crippen LogP contribution is -2.44. The topological polar surface area (TPSA) is 38.8 Å². The van der Waals surface area contributed by atoms with Gasteiger partial charge in [-0.3, -0.25) is 4.79 Å². The Morgan fingerprint density at radius 2 is 1.89 bits per heavy atom. The minimum absolute atomic E-state index is 0.0716. The van der Waals surface area contributed by atoms with E-state index in [1.165, 1.54) is 12.1 Å². The van der Waals surface area contributed by atoms with E-state index in [1.807, 2.05) is 11.9 Å². The Labute approximate surface area is 157 Å². The third-order valence-electron chi connectivity index (χ3n) is 5.16. The van der Waals surface area contributed by atoms with E-state index >= 15 is 0 Å². The van der Waals surface area contributed by atoms with E-state index in [0.717, 1.165) is 19.2 Å². The van der Waals surface area contributed by atoms with E-state index in [2.05, 4.69) is 16.8 Å². The van der Waals surface area contributed by atoms with Gasteiger partial charge in [0.2, 0.25) is 5.91 Å². The van der Waals surface area contributed by atoms with Crippen molar-refractivity contribution in [3.05, 3.63) is 36.4 Å². The van der Waals surface area contributed by atoms with Crippen LogP contribution in [0.5, 0.6) is 0 Å². The highest BCUT2D eigenvalue weighted by molar-refractivity contribution is 5.87. The molecule has 1 aromatic rings. The first kappa shape index (κ1) is 19.5. The molecule has 2 aliphatic heterocycles. The summed E-state index contributed by atoms with van der Waals surface area (Å²) in [6.07, 6.45) is -2.45. The summed E-state index contributed by atoms with van der Waals surface area (Å²) in [5.41, 5.74) is 0.368. The zero-order valence-electron chi connectivity index (χ0n) is 15.4. The normalized spacial score (nSPS) is 21.4. The lowest BCUT2D eigenvalue weighted by atomic mass is 10.1. The van der Waals surface area contributed by atoms with Gasteiger partial charge in [-0.2, -0.15) is 13.2 Å². The second-order valence-corrected chi connectivity index (χ2v) is 7.17. The van der Waals surface area contributed by atoms with Gasteiger partial charge in [-0.1, -0.05) is 6.58 Å². The molecule has 3 rings (SSSR count). The fourth-order valence-corrected chi connectivity index (χ4v) is 3.55. The molecule has 0 bridgehead atoms. The van der Waals surface area contributed by atoms with Gasteiger partial charge < -0.3 is 20.0 Å². The number of likely N-dealkylation sites (tertiary alicyclic amines) is 1. The van der Waals surface area contributed by atoms with Gasteiger partial charge in [0.15, 0.2) is 0 Å². The number of hydrogen-bond acceptors (Lipinski definition) is 4. The molecule has 1 N–H and O–H groups in total. The van der Waals surface area contributed by atoms with Crippen LogP contribution in [0.15, 0.2) is 30.9 Å². The maximum atomic E-state index is 13.4. The minimum Gasteiger partial charge on any atom is -0.380 e. The molecule has 2 heterocycles. The third kappa shape index (κ3) is 4.74. The summed E-state index contributed by atoms with van der Waals surface area (Å²) in [5.74, 6) is -0.151. The monoisotopic (exact) mass is 382 g/mol. The number of alkyl halides is 3. The van der Waals surface area contributed by atoms with Crippen LogP contribution < -0.4 is 10.2 Å². The van der Waals surface area contributed by atoms with Gasteiger partial charge in [-0.25, -0.2) is 0 Å². The van der Waals surface area contributed by atoms with Gasteiger partial charge in [0.05, 0.1) is 5.56 Å². The highest BCUT2D eigenvalue weighted by Crippen LogP contribution is 2.35.